The Morgan fingerprint density at radius 3 is 2.19 bits per heavy atom. The Balaban J connectivity index is 2.43. The standard InChI is InChI=1S/C18H21FN2O4S/c1-13(2)20-18(22)12-21(15-6-4-14(19)5-7-15)26(23,24)17-10-8-16(25-3)9-11-17/h4-11,13H,12H2,1-3H3,(H,20,22). The summed E-state index contributed by atoms with van der Waals surface area (Å²) in [6, 6.07) is 10.6. The van der Waals surface area contributed by atoms with Gasteiger partial charge in [-0.05, 0) is 62.4 Å². The number of nitrogens with zero attached hydrogens (tertiary/aromatic N) is 1. The molecule has 0 saturated heterocycles. The van der Waals surface area contributed by atoms with Gasteiger partial charge in [0.25, 0.3) is 10.0 Å². The van der Waals surface area contributed by atoms with Crippen molar-refractivity contribution in [1.29, 1.82) is 0 Å². The molecule has 0 aliphatic rings. The van der Waals surface area contributed by atoms with Gasteiger partial charge in [-0.3, -0.25) is 9.10 Å². The Morgan fingerprint density at radius 1 is 1.12 bits per heavy atom. The van der Waals surface area contributed by atoms with Crippen LogP contribution in [0.3, 0.4) is 0 Å². The third-order valence-corrected chi connectivity index (χ3v) is 5.29. The molecule has 0 fully saturated rings. The lowest BCUT2D eigenvalue weighted by molar-refractivity contribution is -0.120. The van der Waals surface area contributed by atoms with Crippen LogP contribution in [0.1, 0.15) is 13.8 Å². The van der Waals surface area contributed by atoms with E-state index in [9.17, 15) is 17.6 Å². The van der Waals surface area contributed by atoms with Crippen molar-refractivity contribution in [3.63, 3.8) is 0 Å². The molecular weight excluding hydrogens is 359 g/mol. The Morgan fingerprint density at radius 2 is 1.69 bits per heavy atom. The molecule has 26 heavy (non-hydrogen) atoms. The first-order chi connectivity index (χ1) is 12.2. The summed E-state index contributed by atoms with van der Waals surface area (Å²) in [6.07, 6.45) is 0. The number of carbonyl (C=O) groups is 1. The van der Waals surface area contributed by atoms with Crippen LogP contribution in [-0.2, 0) is 14.8 Å². The highest BCUT2D eigenvalue weighted by Gasteiger charge is 2.27. The molecule has 2 aromatic rings. The monoisotopic (exact) mass is 380 g/mol. The maximum Gasteiger partial charge on any atom is 0.264 e. The average molecular weight is 380 g/mol. The van der Waals surface area contributed by atoms with E-state index in [0.717, 1.165) is 16.4 Å². The van der Waals surface area contributed by atoms with Gasteiger partial charge in [0.15, 0.2) is 0 Å². The van der Waals surface area contributed by atoms with Crippen LogP contribution in [0.4, 0.5) is 10.1 Å². The van der Waals surface area contributed by atoms with Crippen LogP contribution in [0.2, 0.25) is 0 Å². The lowest BCUT2D eigenvalue weighted by Crippen LogP contribution is -2.42. The van der Waals surface area contributed by atoms with E-state index in [1.54, 1.807) is 13.8 Å². The van der Waals surface area contributed by atoms with Gasteiger partial charge in [0.05, 0.1) is 17.7 Å². The van der Waals surface area contributed by atoms with Crippen molar-refractivity contribution in [2.45, 2.75) is 24.8 Å². The van der Waals surface area contributed by atoms with Crippen LogP contribution >= 0.6 is 0 Å². The normalized spacial score (nSPS) is 11.3. The van der Waals surface area contributed by atoms with Gasteiger partial charge in [-0.2, -0.15) is 0 Å². The first kappa shape index (κ1) is 19.7. The number of hydrogen-bond donors (Lipinski definition) is 1. The summed E-state index contributed by atoms with van der Waals surface area (Å²) in [7, 11) is -2.55. The Labute approximate surface area is 152 Å². The number of halogens is 1. The van der Waals surface area contributed by atoms with E-state index in [4.69, 9.17) is 4.74 Å². The maximum absolute atomic E-state index is 13.2. The average Bonchev–Trinajstić information content (AvgIpc) is 2.60. The van der Waals surface area contributed by atoms with Crippen molar-refractivity contribution < 1.29 is 22.3 Å². The molecule has 1 N–H and O–H groups in total. The predicted octanol–water partition coefficient (Wildman–Crippen LogP) is 2.55. The second kappa shape index (κ2) is 8.18. The van der Waals surface area contributed by atoms with E-state index < -0.39 is 28.3 Å². The molecular formula is C18H21FN2O4S. The number of benzene rings is 2. The first-order valence-electron chi connectivity index (χ1n) is 7.96. The Bertz CT molecular complexity index is 850. The molecule has 2 aromatic carbocycles. The quantitative estimate of drug-likeness (QED) is 0.801. The number of methoxy groups -OCH3 is 1. The molecule has 0 saturated carbocycles. The maximum atomic E-state index is 13.2. The lowest BCUT2D eigenvalue weighted by Gasteiger charge is -2.24. The van der Waals surface area contributed by atoms with Gasteiger partial charge < -0.3 is 10.1 Å². The zero-order valence-corrected chi connectivity index (χ0v) is 15.6. The van der Waals surface area contributed by atoms with Gasteiger partial charge >= 0.3 is 0 Å². The number of carbonyl (C=O) groups excluding carboxylic acids is 1. The SMILES string of the molecule is COc1ccc(S(=O)(=O)N(CC(=O)NC(C)C)c2ccc(F)cc2)cc1. The van der Waals surface area contributed by atoms with Crippen LogP contribution in [0.5, 0.6) is 5.75 Å². The highest BCUT2D eigenvalue weighted by atomic mass is 32.2. The minimum Gasteiger partial charge on any atom is -0.497 e. The third kappa shape index (κ3) is 4.72. The zero-order valence-electron chi connectivity index (χ0n) is 14.8. The largest absolute Gasteiger partial charge is 0.497 e. The summed E-state index contributed by atoms with van der Waals surface area (Å²) in [5, 5.41) is 2.66. The van der Waals surface area contributed by atoms with E-state index in [1.165, 1.54) is 43.5 Å². The summed E-state index contributed by atoms with van der Waals surface area (Å²) in [5.41, 5.74) is 0.195. The highest BCUT2D eigenvalue weighted by Crippen LogP contribution is 2.25. The van der Waals surface area contributed by atoms with Crippen molar-refractivity contribution in [2.75, 3.05) is 18.0 Å². The highest BCUT2D eigenvalue weighted by molar-refractivity contribution is 7.92. The van der Waals surface area contributed by atoms with Crippen LogP contribution in [0, 0.1) is 5.82 Å². The Hall–Kier alpha value is -2.61. The smallest absolute Gasteiger partial charge is 0.264 e. The van der Waals surface area contributed by atoms with Gasteiger partial charge in [0.2, 0.25) is 5.91 Å². The van der Waals surface area contributed by atoms with E-state index in [1.807, 2.05) is 0 Å². The number of nitrogens with one attached hydrogen (secondary N) is 1. The fraction of sp³-hybridized carbons (Fsp3) is 0.278. The van der Waals surface area contributed by atoms with Gasteiger partial charge in [-0.25, -0.2) is 12.8 Å². The first-order valence-corrected chi connectivity index (χ1v) is 9.40. The Kier molecular flexibility index (Phi) is 6.20. The topological polar surface area (TPSA) is 75.7 Å². The zero-order chi connectivity index (χ0) is 19.3. The van der Waals surface area contributed by atoms with Crippen molar-refractivity contribution in [1.82, 2.24) is 5.32 Å². The van der Waals surface area contributed by atoms with E-state index in [-0.39, 0.29) is 16.6 Å². The number of hydrogen-bond acceptors (Lipinski definition) is 4. The molecule has 0 bridgehead atoms. The molecule has 0 aliphatic heterocycles. The van der Waals surface area contributed by atoms with E-state index >= 15 is 0 Å². The van der Waals surface area contributed by atoms with Crippen molar-refractivity contribution in [3.8, 4) is 5.75 Å². The molecule has 0 aliphatic carbocycles. The number of sulfonamides is 1. The molecule has 0 atom stereocenters. The number of ether oxygens (including phenoxy) is 1. The van der Waals surface area contributed by atoms with Crippen LogP contribution in [0.25, 0.3) is 0 Å². The summed E-state index contributed by atoms with van der Waals surface area (Å²) in [4.78, 5) is 12.2. The molecule has 8 heteroatoms. The predicted molar refractivity (Wildman–Crippen MR) is 97.2 cm³/mol. The minimum atomic E-state index is -4.03. The second-order valence-corrected chi connectivity index (χ2v) is 7.75. The fourth-order valence-electron chi connectivity index (χ4n) is 2.30. The van der Waals surface area contributed by atoms with Gasteiger partial charge in [-0.15, -0.1) is 0 Å². The molecule has 0 spiro atoms. The summed E-state index contributed by atoms with van der Waals surface area (Å²) in [6.45, 7) is 3.13. The van der Waals surface area contributed by atoms with E-state index in [2.05, 4.69) is 5.32 Å². The molecule has 0 unspecified atom stereocenters. The van der Waals surface area contributed by atoms with Gasteiger partial charge in [0.1, 0.15) is 18.1 Å². The third-order valence-electron chi connectivity index (χ3n) is 3.50. The summed E-state index contributed by atoms with van der Waals surface area (Å²) >= 11 is 0. The number of amides is 1. The van der Waals surface area contributed by atoms with Crippen LogP contribution in [-0.4, -0.2) is 34.0 Å². The second-order valence-electron chi connectivity index (χ2n) is 5.89. The molecule has 0 radical (unpaired) electrons. The van der Waals surface area contributed by atoms with Crippen molar-refractivity contribution >= 4 is 21.6 Å². The van der Waals surface area contributed by atoms with Crippen molar-refractivity contribution in [3.05, 3.63) is 54.3 Å². The molecule has 2 rings (SSSR count). The lowest BCUT2D eigenvalue weighted by atomic mass is 10.3. The van der Waals surface area contributed by atoms with E-state index in [0.29, 0.717) is 5.75 Å². The molecule has 6 nitrogen and oxygen atoms in total. The molecule has 0 aromatic heterocycles. The molecule has 1 amide bonds. The minimum absolute atomic E-state index is 0.0000260. The summed E-state index contributed by atoms with van der Waals surface area (Å²) in [5.74, 6) is -0.446. The van der Waals surface area contributed by atoms with Crippen molar-refractivity contribution in [2.24, 2.45) is 0 Å². The number of rotatable bonds is 7. The fourth-order valence-corrected chi connectivity index (χ4v) is 3.72. The van der Waals surface area contributed by atoms with Gasteiger partial charge in [-0.1, -0.05) is 0 Å². The van der Waals surface area contributed by atoms with Gasteiger partial charge in [0, 0.05) is 6.04 Å². The summed E-state index contributed by atoms with van der Waals surface area (Å²) < 4.78 is 45.3. The van der Waals surface area contributed by atoms with Crippen LogP contribution < -0.4 is 14.4 Å². The molecule has 0 heterocycles. The van der Waals surface area contributed by atoms with Crippen LogP contribution in [0.15, 0.2) is 53.4 Å². The number of anilines is 1. The molecule has 140 valence electrons.